The number of nitrogens with zero attached hydrogens (tertiary/aromatic N) is 3. The first-order valence-electron chi connectivity index (χ1n) is 8.25. The normalized spacial score (nSPS) is 21.9. The van der Waals surface area contributed by atoms with Gasteiger partial charge in [-0.1, -0.05) is 6.92 Å². The number of ether oxygens (including phenoxy) is 1. The predicted octanol–water partition coefficient (Wildman–Crippen LogP) is 2.35. The SMILES string of the molecule is CCCOC1CCCN(C(CN)c2cnn(C(C)C)c2)C1. The summed E-state index contributed by atoms with van der Waals surface area (Å²) in [5.41, 5.74) is 7.27. The van der Waals surface area contributed by atoms with Crippen LogP contribution >= 0.6 is 0 Å². The molecule has 1 aromatic heterocycles. The van der Waals surface area contributed by atoms with E-state index in [-0.39, 0.29) is 6.04 Å². The highest BCUT2D eigenvalue weighted by molar-refractivity contribution is 5.12. The molecule has 21 heavy (non-hydrogen) atoms. The van der Waals surface area contributed by atoms with Crippen molar-refractivity contribution >= 4 is 0 Å². The predicted molar refractivity (Wildman–Crippen MR) is 85.2 cm³/mol. The summed E-state index contributed by atoms with van der Waals surface area (Å²) < 4.78 is 7.94. The van der Waals surface area contributed by atoms with E-state index >= 15 is 0 Å². The summed E-state index contributed by atoms with van der Waals surface area (Å²) in [4.78, 5) is 2.46. The number of nitrogens with two attached hydrogens (primary N) is 1. The number of hydrogen-bond donors (Lipinski definition) is 1. The molecular formula is C16H30N4O. The number of aromatic nitrogens is 2. The molecule has 1 aliphatic rings. The molecule has 120 valence electrons. The fraction of sp³-hybridized carbons (Fsp3) is 0.812. The Labute approximate surface area is 128 Å². The van der Waals surface area contributed by atoms with Crippen LogP contribution < -0.4 is 5.73 Å². The average Bonchev–Trinajstić information content (AvgIpc) is 2.96. The van der Waals surface area contributed by atoms with Crippen molar-refractivity contribution < 1.29 is 4.74 Å². The van der Waals surface area contributed by atoms with Gasteiger partial charge in [0.15, 0.2) is 0 Å². The Hall–Kier alpha value is -0.910. The molecule has 0 aromatic carbocycles. The molecule has 0 radical (unpaired) electrons. The monoisotopic (exact) mass is 294 g/mol. The average molecular weight is 294 g/mol. The molecular weight excluding hydrogens is 264 g/mol. The molecule has 2 unspecified atom stereocenters. The Morgan fingerprint density at radius 1 is 1.48 bits per heavy atom. The van der Waals surface area contributed by atoms with Crippen LogP contribution in [-0.4, -0.2) is 47.0 Å². The van der Waals surface area contributed by atoms with Gasteiger partial charge in [-0.15, -0.1) is 0 Å². The fourth-order valence-corrected chi connectivity index (χ4v) is 2.97. The second-order valence-electron chi connectivity index (χ2n) is 6.23. The lowest BCUT2D eigenvalue weighted by Gasteiger charge is -2.37. The highest BCUT2D eigenvalue weighted by Gasteiger charge is 2.27. The number of rotatable bonds is 7. The van der Waals surface area contributed by atoms with Crippen molar-refractivity contribution in [3.8, 4) is 0 Å². The minimum Gasteiger partial charge on any atom is -0.377 e. The largest absolute Gasteiger partial charge is 0.377 e. The van der Waals surface area contributed by atoms with Gasteiger partial charge in [-0.2, -0.15) is 5.10 Å². The summed E-state index contributed by atoms with van der Waals surface area (Å²) >= 11 is 0. The first-order chi connectivity index (χ1) is 10.2. The van der Waals surface area contributed by atoms with Crippen LogP contribution in [-0.2, 0) is 4.74 Å². The summed E-state index contributed by atoms with van der Waals surface area (Å²) in [6, 6.07) is 0.643. The van der Waals surface area contributed by atoms with E-state index in [9.17, 15) is 0 Å². The number of piperidine rings is 1. The topological polar surface area (TPSA) is 56.3 Å². The van der Waals surface area contributed by atoms with Crippen LogP contribution in [0.5, 0.6) is 0 Å². The molecule has 0 spiro atoms. The maximum atomic E-state index is 6.05. The molecule has 1 aliphatic heterocycles. The van der Waals surface area contributed by atoms with Crippen molar-refractivity contribution in [3.63, 3.8) is 0 Å². The molecule has 0 aliphatic carbocycles. The van der Waals surface area contributed by atoms with E-state index in [0.717, 1.165) is 26.1 Å². The number of likely N-dealkylation sites (tertiary alicyclic amines) is 1. The molecule has 0 amide bonds. The minimum atomic E-state index is 0.255. The lowest BCUT2D eigenvalue weighted by molar-refractivity contribution is -0.0118. The first kappa shape index (κ1) is 16.5. The molecule has 0 saturated carbocycles. The Kier molecular flexibility index (Phi) is 6.21. The molecule has 0 bridgehead atoms. The molecule has 5 heteroatoms. The Balaban J connectivity index is 2.01. The van der Waals surface area contributed by atoms with Gasteiger partial charge in [0, 0.05) is 37.5 Å². The fourth-order valence-electron chi connectivity index (χ4n) is 2.97. The van der Waals surface area contributed by atoms with Crippen LogP contribution in [0.15, 0.2) is 12.4 Å². The van der Waals surface area contributed by atoms with Crippen LogP contribution in [0.2, 0.25) is 0 Å². The smallest absolute Gasteiger partial charge is 0.0702 e. The number of hydrogen-bond acceptors (Lipinski definition) is 4. The molecule has 1 saturated heterocycles. The summed E-state index contributed by atoms with van der Waals surface area (Å²) in [6.45, 7) is 10.0. The van der Waals surface area contributed by atoms with Gasteiger partial charge in [0.25, 0.3) is 0 Å². The van der Waals surface area contributed by atoms with E-state index in [2.05, 4.69) is 37.0 Å². The van der Waals surface area contributed by atoms with Gasteiger partial charge in [-0.3, -0.25) is 9.58 Å². The maximum absolute atomic E-state index is 6.05. The van der Waals surface area contributed by atoms with Crippen LogP contribution in [0.3, 0.4) is 0 Å². The zero-order chi connectivity index (χ0) is 15.2. The van der Waals surface area contributed by atoms with E-state index in [1.165, 1.54) is 18.4 Å². The minimum absolute atomic E-state index is 0.255. The van der Waals surface area contributed by atoms with Crippen molar-refractivity contribution in [2.24, 2.45) is 5.73 Å². The van der Waals surface area contributed by atoms with Crippen molar-refractivity contribution in [1.29, 1.82) is 0 Å². The van der Waals surface area contributed by atoms with Crippen molar-refractivity contribution in [1.82, 2.24) is 14.7 Å². The molecule has 2 atom stereocenters. The van der Waals surface area contributed by atoms with Crippen LogP contribution in [0.4, 0.5) is 0 Å². The molecule has 2 rings (SSSR count). The highest BCUT2D eigenvalue weighted by atomic mass is 16.5. The lowest BCUT2D eigenvalue weighted by Crippen LogP contribution is -2.44. The van der Waals surface area contributed by atoms with Crippen LogP contribution in [0, 0.1) is 0 Å². The van der Waals surface area contributed by atoms with Gasteiger partial charge in [0.2, 0.25) is 0 Å². The van der Waals surface area contributed by atoms with Gasteiger partial charge in [-0.05, 0) is 39.7 Å². The van der Waals surface area contributed by atoms with Crippen LogP contribution in [0.25, 0.3) is 0 Å². The van der Waals surface area contributed by atoms with Crippen LogP contribution in [0.1, 0.15) is 57.7 Å². The van der Waals surface area contributed by atoms with Gasteiger partial charge in [0.1, 0.15) is 0 Å². The second-order valence-corrected chi connectivity index (χ2v) is 6.23. The van der Waals surface area contributed by atoms with E-state index in [1.807, 2.05) is 10.9 Å². The third kappa shape index (κ3) is 4.28. The molecule has 2 N–H and O–H groups in total. The first-order valence-corrected chi connectivity index (χ1v) is 8.25. The lowest BCUT2D eigenvalue weighted by atomic mass is 10.0. The van der Waals surface area contributed by atoms with E-state index in [0.29, 0.717) is 18.7 Å². The van der Waals surface area contributed by atoms with Gasteiger partial charge < -0.3 is 10.5 Å². The highest BCUT2D eigenvalue weighted by Crippen LogP contribution is 2.25. The van der Waals surface area contributed by atoms with Gasteiger partial charge in [0.05, 0.1) is 18.3 Å². The zero-order valence-electron chi connectivity index (χ0n) is 13.7. The molecule has 5 nitrogen and oxygen atoms in total. The Bertz CT molecular complexity index is 418. The maximum Gasteiger partial charge on any atom is 0.0702 e. The zero-order valence-corrected chi connectivity index (χ0v) is 13.7. The van der Waals surface area contributed by atoms with Crippen molar-refractivity contribution in [2.45, 2.75) is 58.2 Å². The van der Waals surface area contributed by atoms with Crippen molar-refractivity contribution in [3.05, 3.63) is 18.0 Å². The second kappa shape index (κ2) is 7.92. The Morgan fingerprint density at radius 2 is 2.29 bits per heavy atom. The van der Waals surface area contributed by atoms with E-state index in [1.54, 1.807) is 0 Å². The quantitative estimate of drug-likeness (QED) is 0.838. The summed E-state index contributed by atoms with van der Waals surface area (Å²) in [7, 11) is 0. The summed E-state index contributed by atoms with van der Waals surface area (Å²) in [5, 5.41) is 4.45. The van der Waals surface area contributed by atoms with Gasteiger partial charge >= 0.3 is 0 Å². The van der Waals surface area contributed by atoms with Gasteiger partial charge in [-0.25, -0.2) is 0 Å². The molecule has 1 aromatic rings. The third-order valence-electron chi connectivity index (χ3n) is 4.17. The van der Waals surface area contributed by atoms with E-state index in [4.69, 9.17) is 10.5 Å². The molecule has 2 heterocycles. The summed E-state index contributed by atoms with van der Waals surface area (Å²) in [6.07, 6.45) is 7.89. The molecule has 1 fully saturated rings. The Morgan fingerprint density at radius 3 is 2.90 bits per heavy atom. The third-order valence-corrected chi connectivity index (χ3v) is 4.17. The van der Waals surface area contributed by atoms with Crippen molar-refractivity contribution in [2.75, 3.05) is 26.2 Å². The summed E-state index contributed by atoms with van der Waals surface area (Å²) in [5.74, 6) is 0. The standard InChI is InChI=1S/C16H30N4O/c1-4-8-21-15-6-5-7-19(12-15)16(9-17)14-10-18-20(11-14)13(2)3/h10-11,13,15-16H,4-9,12,17H2,1-3H3. The van der Waals surface area contributed by atoms with E-state index < -0.39 is 0 Å².